The van der Waals surface area contributed by atoms with Crippen LogP contribution in [-0.4, -0.2) is 36.4 Å². The smallest absolute Gasteiger partial charge is 0.446 e. The highest BCUT2D eigenvalue weighted by atomic mass is 35.5. The fourth-order valence-corrected chi connectivity index (χ4v) is 2.89. The third-order valence-electron chi connectivity index (χ3n) is 3.65. The van der Waals surface area contributed by atoms with E-state index in [1.165, 1.54) is 0 Å². The largest absolute Gasteiger partial charge is 0.452 e. The van der Waals surface area contributed by atoms with Crippen LogP contribution in [0.25, 0.3) is 0 Å². The Morgan fingerprint density at radius 1 is 1.07 bits per heavy atom. The molecule has 0 radical (unpaired) electrons. The molecular weight excluding hydrogens is 445 g/mol. The third-order valence-corrected chi connectivity index (χ3v) is 4.79. The average molecular weight is 461 g/mol. The quantitative estimate of drug-likeness (QED) is 0.478. The molecule has 11 heteroatoms. The minimum absolute atomic E-state index is 0.0106. The van der Waals surface area contributed by atoms with Crippen molar-refractivity contribution in [1.82, 2.24) is 5.32 Å². The van der Waals surface area contributed by atoms with Crippen LogP contribution in [0.15, 0.2) is 47.4 Å². The van der Waals surface area contributed by atoms with Crippen LogP contribution in [0.5, 0.6) is 0 Å². The first-order valence-corrected chi connectivity index (χ1v) is 9.59. The fraction of sp³-hybridized carbons (Fsp3) is 0.211. The van der Waals surface area contributed by atoms with Gasteiger partial charge in [-0.2, -0.15) is 13.2 Å². The maximum atomic E-state index is 12.3. The van der Waals surface area contributed by atoms with E-state index < -0.39 is 29.9 Å². The first kappa shape index (κ1) is 23.6. The van der Waals surface area contributed by atoms with E-state index >= 15 is 0 Å². The van der Waals surface area contributed by atoms with E-state index in [-0.39, 0.29) is 28.8 Å². The molecule has 0 heterocycles. The first-order chi connectivity index (χ1) is 14.0. The van der Waals surface area contributed by atoms with Crippen molar-refractivity contribution < 1.29 is 32.3 Å². The van der Waals surface area contributed by atoms with Crippen LogP contribution < -0.4 is 10.6 Å². The number of ether oxygens (including phenoxy) is 1. The van der Waals surface area contributed by atoms with Gasteiger partial charge in [0.05, 0.1) is 12.1 Å². The number of anilines is 1. The molecule has 0 fully saturated rings. The number of hydrogen-bond donors (Lipinski definition) is 2. The van der Waals surface area contributed by atoms with Crippen molar-refractivity contribution in [3.05, 3.63) is 58.6 Å². The number of carbonyl (C=O) groups excluding carboxylic acids is 3. The van der Waals surface area contributed by atoms with Crippen molar-refractivity contribution >= 4 is 46.8 Å². The monoisotopic (exact) mass is 460 g/mol. The van der Waals surface area contributed by atoms with Gasteiger partial charge in [0, 0.05) is 15.6 Å². The summed E-state index contributed by atoms with van der Waals surface area (Å²) in [5.74, 6) is -2.10. The number of benzene rings is 2. The summed E-state index contributed by atoms with van der Waals surface area (Å²) in [5.41, 5.74) is -3.27. The van der Waals surface area contributed by atoms with Gasteiger partial charge in [0.2, 0.25) is 5.91 Å². The molecule has 2 aromatic carbocycles. The minimum atomic E-state index is -4.43. The number of hydrogen-bond acceptors (Lipinski definition) is 5. The zero-order chi connectivity index (χ0) is 22.3. The zero-order valence-corrected chi connectivity index (χ0v) is 17.1. The molecular formula is C19H16ClF3N2O4S. The van der Waals surface area contributed by atoms with Crippen LogP contribution in [-0.2, 0) is 14.3 Å². The number of rotatable bonds is 7. The number of esters is 1. The summed E-state index contributed by atoms with van der Waals surface area (Å²) in [6.07, 6.45) is 0. The lowest BCUT2D eigenvalue weighted by Crippen LogP contribution is -2.35. The number of alkyl halides is 3. The van der Waals surface area contributed by atoms with Gasteiger partial charge in [0.1, 0.15) is 0 Å². The summed E-state index contributed by atoms with van der Waals surface area (Å²) in [6, 6.07) is 9.56. The van der Waals surface area contributed by atoms with Crippen molar-refractivity contribution in [1.29, 1.82) is 0 Å². The van der Waals surface area contributed by atoms with Gasteiger partial charge >= 0.3 is 11.5 Å². The van der Waals surface area contributed by atoms with Crippen molar-refractivity contribution in [2.75, 3.05) is 18.5 Å². The second-order valence-electron chi connectivity index (χ2n) is 5.89. The lowest BCUT2D eigenvalue weighted by atomic mass is 10.2. The molecule has 0 aromatic heterocycles. The normalized spacial score (nSPS) is 11.0. The summed E-state index contributed by atoms with van der Waals surface area (Å²) < 4.78 is 41.7. The van der Waals surface area contributed by atoms with Gasteiger partial charge < -0.3 is 15.4 Å². The molecule has 6 nitrogen and oxygen atoms in total. The van der Waals surface area contributed by atoms with Crippen LogP contribution in [0.2, 0.25) is 5.02 Å². The summed E-state index contributed by atoms with van der Waals surface area (Å²) >= 11 is 5.65. The van der Waals surface area contributed by atoms with Gasteiger partial charge in [-0.05, 0) is 60.6 Å². The first-order valence-electron chi connectivity index (χ1n) is 8.40. The van der Waals surface area contributed by atoms with Crippen molar-refractivity contribution in [2.24, 2.45) is 0 Å². The van der Waals surface area contributed by atoms with Crippen LogP contribution in [0, 0.1) is 6.92 Å². The molecule has 160 valence electrons. The second-order valence-corrected chi connectivity index (χ2v) is 7.43. The molecule has 0 saturated heterocycles. The van der Waals surface area contributed by atoms with Crippen LogP contribution in [0.3, 0.4) is 0 Å². The second kappa shape index (κ2) is 10.4. The molecule has 0 aliphatic carbocycles. The van der Waals surface area contributed by atoms with Crippen molar-refractivity contribution in [3.8, 4) is 0 Å². The Balaban J connectivity index is 1.76. The number of carbonyl (C=O) groups is 3. The molecule has 30 heavy (non-hydrogen) atoms. The Morgan fingerprint density at radius 3 is 2.37 bits per heavy atom. The van der Waals surface area contributed by atoms with E-state index in [0.717, 1.165) is 24.3 Å². The van der Waals surface area contributed by atoms with E-state index in [2.05, 4.69) is 10.6 Å². The molecule has 0 spiro atoms. The molecule has 0 unspecified atom stereocenters. The van der Waals surface area contributed by atoms with E-state index in [1.54, 1.807) is 25.1 Å². The molecule has 2 aromatic rings. The third kappa shape index (κ3) is 7.60. The van der Waals surface area contributed by atoms with Gasteiger partial charge in [0.15, 0.2) is 6.61 Å². The predicted octanol–water partition coefficient (Wildman–Crippen LogP) is 4.17. The summed E-state index contributed by atoms with van der Waals surface area (Å²) in [6.45, 7) is 0.720. The van der Waals surface area contributed by atoms with Crippen molar-refractivity contribution in [2.45, 2.75) is 17.3 Å². The van der Waals surface area contributed by atoms with Crippen molar-refractivity contribution in [3.63, 3.8) is 0 Å². The molecule has 2 N–H and O–H groups in total. The standard InChI is InChI=1S/C19H16ClF3N2O4S/c1-11-14(20)3-2-4-15(11)25-16(26)9-24-17(27)10-29-18(28)12-5-7-13(8-6-12)30-19(21,22)23/h2-8H,9-10H2,1H3,(H,24,27)(H,25,26). The van der Waals surface area contributed by atoms with E-state index in [4.69, 9.17) is 16.3 Å². The predicted molar refractivity (Wildman–Crippen MR) is 106 cm³/mol. The Hall–Kier alpha value is -2.72. The highest BCUT2D eigenvalue weighted by Crippen LogP contribution is 2.36. The lowest BCUT2D eigenvalue weighted by Gasteiger charge is -2.10. The number of nitrogens with one attached hydrogen (secondary N) is 2. The van der Waals surface area contributed by atoms with Crippen LogP contribution in [0.4, 0.5) is 18.9 Å². The lowest BCUT2D eigenvalue weighted by molar-refractivity contribution is -0.126. The van der Waals surface area contributed by atoms with Crippen LogP contribution in [0.1, 0.15) is 15.9 Å². The molecule has 0 bridgehead atoms. The van der Waals surface area contributed by atoms with E-state index in [1.807, 2.05) is 0 Å². The molecule has 0 aliphatic rings. The molecule has 2 rings (SSSR count). The summed E-state index contributed by atoms with van der Waals surface area (Å²) in [5, 5.41) is 5.36. The van der Waals surface area contributed by atoms with Gasteiger partial charge in [-0.3, -0.25) is 9.59 Å². The number of thioether (sulfide) groups is 1. The maximum absolute atomic E-state index is 12.3. The van der Waals surface area contributed by atoms with Gasteiger partial charge in [-0.1, -0.05) is 17.7 Å². The molecule has 2 amide bonds. The fourth-order valence-electron chi connectivity index (χ4n) is 2.17. The summed E-state index contributed by atoms with van der Waals surface area (Å²) in [4.78, 5) is 35.4. The zero-order valence-electron chi connectivity index (χ0n) is 15.5. The molecule has 0 atom stereocenters. The highest BCUT2D eigenvalue weighted by Gasteiger charge is 2.29. The van der Waals surface area contributed by atoms with E-state index in [9.17, 15) is 27.6 Å². The maximum Gasteiger partial charge on any atom is 0.446 e. The summed E-state index contributed by atoms with van der Waals surface area (Å²) in [7, 11) is 0. The Kier molecular flexibility index (Phi) is 8.13. The SMILES string of the molecule is Cc1c(Cl)cccc1NC(=O)CNC(=O)COC(=O)c1ccc(SC(F)(F)F)cc1. The molecule has 0 aliphatic heterocycles. The Bertz CT molecular complexity index is 936. The number of halogens is 4. The van der Waals surface area contributed by atoms with Crippen LogP contribution >= 0.6 is 23.4 Å². The minimum Gasteiger partial charge on any atom is -0.452 e. The molecule has 0 saturated carbocycles. The highest BCUT2D eigenvalue weighted by molar-refractivity contribution is 8.00. The average Bonchev–Trinajstić information content (AvgIpc) is 2.67. The Morgan fingerprint density at radius 2 is 1.73 bits per heavy atom. The number of amides is 2. The van der Waals surface area contributed by atoms with Gasteiger partial charge in [-0.25, -0.2) is 4.79 Å². The van der Waals surface area contributed by atoms with E-state index in [0.29, 0.717) is 16.3 Å². The topological polar surface area (TPSA) is 84.5 Å². The Labute approximate surface area is 179 Å². The van der Waals surface area contributed by atoms with Gasteiger partial charge in [0.25, 0.3) is 5.91 Å². The van der Waals surface area contributed by atoms with Gasteiger partial charge in [-0.15, -0.1) is 0 Å².